The van der Waals surface area contributed by atoms with Crippen LogP contribution in [0.5, 0.6) is 0 Å². The van der Waals surface area contributed by atoms with Crippen molar-refractivity contribution in [2.45, 2.75) is 17.7 Å². The number of hydrogen-bond acceptors (Lipinski definition) is 7. The summed E-state index contributed by atoms with van der Waals surface area (Å²) in [5.74, 6) is -0.887. The third-order valence-corrected chi connectivity index (χ3v) is 14.2. The molecule has 0 spiro atoms. The van der Waals surface area contributed by atoms with Gasteiger partial charge < -0.3 is 24.4 Å². The third-order valence-electron chi connectivity index (χ3n) is 10.1. The lowest BCUT2D eigenvalue weighted by Crippen LogP contribution is -2.41. The number of carboxylic acid groups (broad SMARTS) is 1. The number of benzene rings is 4. The molecule has 9 rings (SSSR count). The Morgan fingerprint density at radius 2 is 1.25 bits per heavy atom. The molecule has 0 radical (unpaired) electrons. The van der Waals surface area contributed by atoms with Gasteiger partial charge in [0, 0.05) is 61.2 Å². The fourth-order valence-electron chi connectivity index (χ4n) is 7.21. The van der Waals surface area contributed by atoms with Gasteiger partial charge in [-0.2, -0.15) is 0 Å². The molecule has 3 heterocycles. The molecule has 4 aliphatic rings. The SMILES string of the molecule is O=C(C1=C(I)Cc2cc(Br)ccc21)N1CCOCC1.O=C(O)C1=CCc2cc(Br)ccc21.O=C(c1cn(S(=O)(=O)c2ccccc2)c2cc(Br)ccc12)N1CCOCC1. The molecule has 5 aromatic rings. The standard InChI is InChI=1S/C19H17BrN2O4S.C14H13BrINO2.C10H7BrO2/c20-14-6-7-16-17(19(23)21-8-10-26-11-9-21)13-22(18(16)12-14)27(24,25)15-4-2-1-3-5-15;15-10-1-2-11-9(7-10)8-12(16)13(11)14(18)17-3-5-19-6-4-17;11-7-2-4-8-6(5-7)1-3-9(8)10(12)13/h1-7,12-13H,8-11H2;1-2,7H,3-6,8H2;2-5H,1H2,(H,12,13). The van der Waals surface area contributed by atoms with Gasteiger partial charge in [-0.05, 0) is 99.8 Å². The number of halogens is 4. The first-order valence-corrected chi connectivity index (χ1v) is 23.5. The Bertz CT molecular complexity index is 2620. The minimum absolute atomic E-state index is 0.147. The molecule has 2 fully saturated rings. The van der Waals surface area contributed by atoms with Crippen molar-refractivity contribution in [2.75, 3.05) is 52.6 Å². The van der Waals surface area contributed by atoms with E-state index in [1.807, 2.05) is 35.2 Å². The lowest BCUT2D eigenvalue weighted by Gasteiger charge is -2.27. The van der Waals surface area contributed by atoms with Crippen LogP contribution < -0.4 is 0 Å². The van der Waals surface area contributed by atoms with E-state index in [4.69, 9.17) is 14.6 Å². The predicted molar refractivity (Wildman–Crippen MR) is 245 cm³/mol. The molecule has 0 unspecified atom stereocenters. The summed E-state index contributed by atoms with van der Waals surface area (Å²) in [5, 5.41) is 9.46. The summed E-state index contributed by atoms with van der Waals surface area (Å²) in [6, 6.07) is 25.3. The molecule has 16 heteroatoms. The van der Waals surface area contributed by atoms with Crippen LogP contribution in [-0.4, -0.2) is 97.7 Å². The molecule has 11 nitrogen and oxygen atoms in total. The van der Waals surface area contributed by atoms with Gasteiger partial charge in [0.05, 0.1) is 53.5 Å². The van der Waals surface area contributed by atoms with Gasteiger partial charge in [0.15, 0.2) is 0 Å². The maximum absolute atomic E-state index is 13.2. The van der Waals surface area contributed by atoms with Crippen molar-refractivity contribution in [3.05, 3.63) is 142 Å². The molecular formula is C43H37Br3IN3O8S. The zero-order valence-electron chi connectivity index (χ0n) is 31.4. The number of aliphatic carboxylic acids is 1. The molecule has 59 heavy (non-hydrogen) atoms. The molecule has 0 saturated carbocycles. The van der Waals surface area contributed by atoms with E-state index in [1.165, 1.54) is 15.7 Å². The molecule has 1 N–H and O–H groups in total. The van der Waals surface area contributed by atoms with Crippen molar-refractivity contribution in [3.8, 4) is 0 Å². The monoisotopic (exact) mass is 1120 g/mol. The molecule has 4 aromatic carbocycles. The zero-order valence-corrected chi connectivity index (χ0v) is 39.1. The summed E-state index contributed by atoms with van der Waals surface area (Å²) in [4.78, 5) is 40.2. The van der Waals surface area contributed by atoms with Crippen molar-refractivity contribution in [3.63, 3.8) is 0 Å². The minimum atomic E-state index is -3.83. The largest absolute Gasteiger partial charge is 0.478 e. The molecule has 306 valence electrons. The van der Waals surface area contributed by atoms with Crippen molar-refractivity contribution < 1.29 is 37.4 Å². The molecule has 0 bridgehead atoms. The van der Waals surface area contributed by atoms with E-state index >= 15 is 0 Å². The first kappa shape index (κ1) is 43.4. The topological polar surface area (TPSA) is 135 Å². The maximum Gasteiger partial charge on any atom is 0.335 e. The van der Waals surface area contributed by atoms with Gasteiger partial charge in [0.1, 0.15) is 0 Å². The molecule has 2 amide bonds. The van der Waals surface area contributed by atoms with E-state index in [9.17, 15) is 22.8 Å². The van der Waals surface area contributed by atoms with Crippen LogP contribution >= 0.6 is 70.4 Å². The number of hydrogen-bond donors (Lipinski definition) is 1. The van der Waals surface area contributed by atoms with Crippen molar-refractivity contribution in [2.24, 2.45) is 0 Å². The molecule has 2 aliphatic heterocycles. The summed E-state index contributed by atoms with van der Waals surface area (Å²) < 4.78 is 42.1. The Hall–Kier alpha value is -3.65. The van der Waals surface area contributed by atoms with Crippen molar-refractivity contribution in [1.82, 2.24) is 13.8 Å². The maximum atomic E-state index is 13.2. The first-order chi connectivity index (χ1) is 28.3. The highest BCUT2D eigenvalue weighted by Gasteiger charge is 2.30. The first-order valence-electron chi connectivity index (χ1n) is 18.6. The van der Waals surface area contributed by atoms with E-state index in [0.29, 0.717) is 74.6 Å². The average Bonchev–Trinajstić information content (AvgIpc) is 3.94. The van der Waals surface area contributed by atoms with Gasteiger partial charge in [-0.25, -0.2) is 17.2 Å². The Balaban J connectivity index is 0.000000144. The van der Waals surface area contributed by atoms with E-state index in [1.54, 1.807) is 59.5 Å². The number of carbonyl (C=O) groups is 3. The second-order valence-corrected chi connectivity index (χ2v) is 19.7. The highest BCUT2D eigenvalue weighted by atomic mass is 127. The van der Waals surface area contributed by atoms with E-state index in [-0.39, 0.29) is 16.7 Å². The summed E-state index contributed by atoms with van der Waals surface area (Å²) in [6.07, 6.45) is 4.76. The van der Waals surface area contributed by atoms with Gasteiger partial charge in [0.2, 0.25) is 0 Å². The average molecular weight is 1120 g/mol. The molecular weight excluding hydrogens is 1090 g/mol. The fourth-order valence-corrected chi connectivity index (χ4v) is 10.7. The van der Waals surface area contributed by atoms with Crippen LogP contribution in [0.15, 0.2) is 119 Å². The third kappa shape index (κ3) is 9.63. The summed E-state index contributed by atoms with van der Waals surface area (Å²) in [6.45, 7) is 4.62. The number of ether oxygens (including phenoxy) is 2. The molecule has 1 aromatic heterocycles. The number of fused-ring (bicyclic) bond motifs is 3. The van der Waals surface area contributed by atoms with E-state index in [2.05, 4.69) is 76.4 Å². The summed E-state index contributed by atoms with van der Waals surface area (Å²) in [7, 11) is -3.83. The summed E-state index contributed by atoms with van der Waals surface area (Å²) >= 11 is 12.5. The van der Waals surface area contributed by atoms with Crippen LogP contribution in [0.3, 0.4) is 0 Å². The highest BCUT2D eigenvalue weighted by Crippen LogP contribution is 2.39. The number of allylic oxidation sites excluding steroid dienone is 2. The summed E-state index contributed by atoms with van der Waals surface area (Å²) in [5.41, 5.74) is 6.37. The van der Waals surface area contributed by atoms with Crippen LogP contribution in [0.25, 0.3) is 22.0 Å². The normalized spacial score (nSPS) is 16.0. The number of carboxylic acids is 1. The minimum Gasteiger partial charge on any atom is -0.478 e. The van der Waals surface area contributed by atoms with Crippen LogP contribution in [0, 0.1) is 0 Å². The van der Waals surface area contributed by atoms with E-state index in [0.717, 1.165) is 52.1 Å². The predicted octanol–water partition coefficient (Wildman–Crippen LogP) is 8.60. The van der Waals surface area contributed by atoms with Crippen LogP contribution in [0.1, 0.15) is 32.6 Å². The Morgan fingerprint density at radius 1 is 0.695 bits per heavy atom. The van der Waals surface area contributed by atoms with Crippen molar-refractivity contribution in [1.29, 1.82) is 0 Å². The second-order valence-electron chi connectivity index (χ2n) is 13.8. The second kappa shape index (κ2) is 19.0. The number of aromatic nitrogens is 1. The molecule has 0 atom stereocenters. The van der Waals surface area contributed by atoms with Gasteiger partial charge in [-0.1, -0.05) is 90.3 Å². The highest BCUT2D eigenvalue weighted by molar-refractivity contribution is 14.1. The van der Waals surface area contributed by atoms with Gasteiger partial charge in [0.25, 0.3) is 21.8 Å². The smallest absolute Gasteiger partial charge is 0.335 e. The van der Waals surface area contributed by atoms with Gasteiger partial charge in [-0.3, -0.25) is 9.59 Å². The van der Waals surface area contributed by atoms with Gasteiger partial charge in [-0.15, -0.1) is 0 Å². The molecule has 2 aliphatic carbocycles. The lowest BCUT2D eigenvalue weighted by atomic mass is 10.0. The van der Waals surface area contributed by atoms with Crippen LogP contribution in [0.2, 0.25) is 0 Å². The van der Waals surface area contributed by atoms with Crippen LogP contribution in [0.4, 0.5) is 0 Å². The Kier molecular flexibility index (Phi) is 14.0. The quantitative estimate of drug-likeness (QED) is 0.173. The number of nitrogens with zero attached hydrogens (tertiary/aromatic N) is 3. The molecule has 2 saturated heterocycles. The van der Waals surface area contributed by atoms with Crippen LogP contribution in [-0.2, 0) is 41.9 Å². The Labute approximate surface area is 380 Å². The lowest BCUT2D eigenvalue weighted by molar-refractivity contribution is -0.130. The van der Waals surface area contributed by atoms with E-state index < -0.39 is 16.0 Å². The van der Waals surface area contributed by atoms with Gasteiger partial charge >= 0.3 is 5.97 Å². The zero-order chi connectivity index (χ0) is 41.8. The number of carbonyl (C=O) groups excluding carboxylic acids is 2. The number of morpholine rings is 2. The number of rotatable bonds is 5. The number of amides is 2. The Morgan fingerprint density at radius 3 is 1.88 bits per heavy atom. The fraction of sp³-hybridized carbons (Fsp3) is 0.233. The van der Waals surface area contributed by atoms with Crippen molar-refractivity contribution >= 4 is 120 Å².